The number of aromatic nitrogens is 1. The molecular weight excluding hydrogens is 387 g/mol. The van der Waals surface area contributed by atoms with Crippen LogP contribution in [0.3, 0.4) is 0 Å². The summed E-state index contributed by atoms with van der Waals surface area (Å²) in [5, 5.41) is 6.80. The Kier molecular flexibility index (Phi) is 6.53. The molecule has 1 aromatic heterocycles. The highest BCUT2D eigenvalue weighted by molar-refractivity contribution is 6.35. The van der Waals surface area contributed by atoms with Crippen molar-refractivity contribution in [2.75, 3.05) is 25.0 Å². The first-order valence-corrected chi connectivity index (χ1v) is 9.50. The highest BCUT2D eigenvalue weighted by Crippen LogP contribution is 2.22. The number of hydrogen-bond donors (Lipinski definition) is 2. The number of nitrogens with one attached hydrogen (secondary N) is 2. The molecule has 1 fully saturated rings. The summed E-state index contributed by atoms with van der Waals surface area (Å²) >= 11 is 11.9. The second kappa shape index (κ2) is 9.06. The van der Waals surface area contributed by atoms with E-state index in [1.165, 1.54) is 6.20 Å². The molecule has 1 atom stereocenters. The minimum atomic E-state index is -0.435. The number of rotatable bonds is 6. The molecule has 1 unspecified atom stereocenters. The van der Waals surface area contributed by atoms with Crippen LogP contribution in [0.4, 0.5) is 5.82 Å². The van der Waals surface area contributed by atoms with Crippen molar-refractivity contribution in [3.05, 3.63) is 58.2 Å². The predicted octanol–water partition coefficient (Wildman–Crippen LogP) is 3.22. The van der Waals surface area contributed by atoms with Gasteiger partial charge in [-0.15, -0.1) is 0 Å². The van der Waals surface area contributed by atoms with Crippen molar-refractivity contribution in [1.29, 1.82) is 0 Å². The van der Waals surface area contributed by atoms with E-state index >= 15 is 0 Å². The predicted molar refractivity (Wildman–Crippen MR) is 106 cm³/mol. The van der Waals surface area contributed by atoms with Gasteiger partial charge in [0.15, 0.2) is 0 Å². The zero-order chi connectivity index (χ0) is 19.2. The maximum Gasteiger partial charge on any atom is 0.254 e. The van der Waals surface area contributed by atoms with Crippen molar-refractivity contribution >= 4 is 40.8 Å². The zero-order valence-corrected chi connectivity index (χ0v) is 16.1. The summed E-state index contributed by atoms with van der Waals surface area (Å²) in [4.78, 5) is 30.9. The second-order valence-electron chi connectivity index (χ2n) is 6.22. The third-order valence-electron chi connectivity index (χ3n) is 4.36. The lowest BCUT2D eigenvalue weighted by molar-refractivity contribution is -0.124. The third-order valence-corrected chi connectivity index (χ3v) is 4.86. The molecule has 1 aliphatic rings. The fraction of sp³-hybridized carbons (Fsp3) is 0.316. The molecule has 27 heavy (non-hydrogen) atoms. The van der Waals surface area contributed by atoms with Crippen LogP contribution in [-0.2, 0) is 4.79 Å². The standard InChI is InChI=1S/C19H20Cl2N4O2/c20-14-11-15(21)17(24-12-14)22-8-9-23-18(26)16-7-4-10-25(16)19(27)13-5-2-1-3-6-13/h1-3,5-6,11-12,16H,4,7-10H2,(H,22,24)(H,23,26). The Hall–Kier alpha value is -2.31. The van der Waals surface area contributed by atoms with Crippen LogP contribution in [0.5, 0.6) is 0 Å². The Balaban J connectivity index is 1.50. The number of benzene rings is 1. The van der Waals surface area contributed by atoms with Gasteiger partial charge in [-0.3, -0.25) is 9.59 Å². The Morgan fingerprint density at radius 1 is 1.19 bits per heavy atom. The number of carbonyl (C=O) groups is 2. The van der Waals surface area contributed by atoms with Crippen LogP contribution in [0.15, 0.2) is 42.6 Å². The first-order valence-electron chi connectivity index (χ1n) is 8.75. The van der Waals surface area contributed by atoms with Gasteiger partial charge in [0.2, 0.25) is 5.91 Å². The molecule has 0 saturated carbocycles. The third kappa shape index (κ3) is 4.90. The Morgan fingerprint density at radius 3 is 2.70 bits per heavy atom. The number of anilines is 1. The van der Waals surface area contributed by atoms with Gasteiger partial charge in [0.05, 0.1) is 10.0 Å². The number of nitrogens with zero attached hydrogens (tertiary/aromatic N) is 2. The summed E-state index contributed by atoms with van der Waals surface area (Å²) in [6, 6.07) is 10.2. The van der Waals surface area contributed by atoms with E-state index in [9.17, 15) is 9.59 Å². The molecule has 2 heterocycles. The molecule has 2 aromatic rings. The van der Waals surface area contributed by atoms with E-state index in [1.54, 1.807) is 23.1 Å². The molecule has 0 bridgehead atoms. The minimum absolute atomic E-state index is 0.108. The summed E-state index contributed by atoms with van der Waals surface area (Å²) in [6.45, 7) is 1.44. The Morgan fingerprint density at radius 2 is 1.96 bits per heavy atom. The Labute approximate surface area is 167 Å². The van der Waals surface area contributed by atoms with Crippen LogP contribution >= 0.6 is 23.2 Å². The molecule has 2 N–H and O–H groups in total. The largest absolute Gasteiger partial charge is 0.367 e. The summed E-state index contributed by atoms with van der Waals surface area (Å²) in [5.74, 6) is 0.259. The smallest absolute Gasteiger partial charge is 0.254 e. The van der Waals surface area contributed by atoms with Crippen molar-refractivity contribution in [3.8, 4) is 0 Å². The van der Waals surface area contributed by atoms with Crippen molar-refractivity contribution in [3.63, 3.8) is 0 Å². The lowest BCUT2D eigenvalue weighted by Crippen LogP contribution is -2.46. The summed E-state index contributed by atoms with van der Waals surface area (Å²) in [5.41, 5.74) is 0.599. The van der Waals surface area contributed by atoms with E-state index in [-0.39, 0.29) is 11.8 Å². The first-order chi connectivity index (χ1) is 13.1. The van der Waals surface area contributed by atoms with Gasteiger partial charge < -0.3 is 15.5 Å². The normalized spacial score (nSPS) is 16.2. The number of amides is 2. The quantitative estimate of drug-likeness (QED) is 0.722. The molecule has 0 spiro atoms. The number of pyridine rings is 1. The molecule has 1 aliphatic heterocycles. The number of hydrogen-bond acceptors (Lipinski definition) is 4. The fourth-order valence-electron chi connectivity index (χ4n) is 3.06. The SMILES string of the molecule is O=C(NCCNc1ncc(Cl)cc1Cl)C1CCCN1C(=O)c1ccccc1. The van der Waals surface area contributed by atoms with Gasteiger partial charge in [0, 0.05) is 31.4 Å². The molecule has 2 amide bonds. The van der Waals surface area contributed by atoms with Gasteiger partial charge in [0.25, 0.3) is 5.91 Å². The molecule has 1 saturated heterocycles. The van der Waals surface area contributed by atoms with Crippen molar-refractivity contribution in [2.24, 2.45) is 0 Å². The summed E-state index contributed by atoms with van der Waals surface area (Å²) < 4.78 is 0. The van der Waals surface area contributed by atoms with E-state index in [1.807, 2.05) is 18.2 Å². The van der Waals surface area contributed by atoms with Crippen LogP contribution < -0.4 is 10.6 Å². The van der Waals surface area contributed by atoms with Crippen LogP contribution in [0.25, 0.3) is 0 Å². The van der Waals surface area contributed by atoms with Crippen molar-refractivity contribution in [2.45, 2.75) is 18.9 Å². The van der Waals surface area contributed by atoms with Crippen LogP contribution in [0, 0.1) is 0 Å². The van der Waals surface area contributed by atoms with Crippen LogP contribution in [0.1, 0.15) is 23.2 Å². The molecule has 142 valence electrons. The summed E-state index contributed by atoms with van der Waals surface area (Å²) in [7, 11) is 0. The maximum absolute atomic E-state index is 12.6. The lowest BCUT2D eigenvalue weighted by Gasteiger charge is -2.24. The van der Waals surface area contributed by atoms with Crippen LogP contribution in [0.2, 0.25) is 10.0 Å². The maximum atomic E-state index is 12.6. The van der Waals surface area contributed by atoms with Gasteiger partial charge in [-0.25, -0.2) is 4.98 Å². The van der Waals surface area contributed by atoms with E-state index in [2.05, 4.69) is 15.6 Å². The molecule has 8 heteroatoms. The molecular formula is C19H20Cl2N4O2. The molecule has 0 aliphatic carbocycles. The van der Waals surface area contributed by atoms with E-state index in [0.29, 0.717) is 47.5 Å². The molecule has 0 radical (unpaired) electrons. The van der Waals surface area contributed by atoms with Gasteiger partial charge >= 0.3 is 0 Å². The van der Waals surface area contributed by atoms with Gasteiger partial charge in [-0.05, 0) is 31.0 Å². The minimum Gasteiger partial charge on any atom is -0.367 e. The zero-order valence-electron chi connectivity index (χ0n) is 14.6. The number of halogens is 2. The van der Waals surface area contributed by atoms with E-state index in [0.717, 1.165) is 6.42 Å². The Bertz CT molecular complexity index is 817. The number of likely N-dealkylation sites (tertiary alicyclic amines) is 1. The average molecular weight is 407 g/mol. The summed E-state index contributed by atoms with van der Waals surface area (Å²) in [6.07, 6.45) is 2.99. The second-order valence-corrected chi connectivity index (χ2v) is 7.07. The molecule has 3 rings (SSSR count). The lowest BCUT2D eigenvalue weighted by atomic mass is 10.1. The highest BCUT2D eigenvalue weighted by Gasteiger charge is 2.34. The number of carbonyl (C=O) groups excluding carboxylic acids is 2. The highest BCUT2D eigenvalue weighted by atomic mass is 35.5. The topological polar surface area (TPSA) is 74.3 Å². The van der Waals surface area contributed by atoms with Crippen molar-refractivity contribution < 1.29 is 9.59 Å². The first kappa shape index (κ1) is 19.5. The van der Waals surface area contributed by atoms with Crippen LogP contribution in [-0.4, -0.2) is 47.4 Å². The monoisotopic (exact) mass is 406 g/mol. The van der Waals surface area contributed by atoms with E-state index in [4.69, 9.17) is 23.2 Å². The van der Waals surface area contributed by atoms with Gasteiger partial charge in [-0.1, -0.05) is 41.4 Å². The average Bonchev–Trinajstić information content (AvgIpc) is 3.16. The fourth-order valence-corrected chi connectivity index (χ4v) is 3.50. The molecule has 1 aromatic carbocycles. The molecule has 6 nitrogen and oxygen atoms in total. The van der Waals surface area contributed by atoms with Gasteiger partial charge in [0.1, 0.15) is 11.9 Å². The van der Waals surface area contributed by atoms with Gasteiger partial charge in [-0.2, -0.15) is 0 Å². The van der Waals surface area contributed by atoms with Crippen molar-refractivity contribution in [1.82, 2.24) is 15.2 Å². The van der Waals surface area contributed by atoms with E-state index < -0.39 is 6.04 Å².